The number of fused-ring (bicyclic) bond motifs is 6. The molecule has 0 saturated carbocycles. The molecule has 0 atom stereocenters. The van der Waals surface area contributed by atoms with Crippen molar-refractivity contribution in [3.8, 4) is 33.4 Å². The zero-order chi connectivity index (χ0) is 31.1. The molecule has 1 heteroatoms. The van der Waals surface area contributed by atoms with Gasteiger partial charge in [0, 0.05) is 27.6 Å². The maximum Gasteiger partial charge on any atom is 0.0575 e. The zero-order valence-corrected chi connectivity index (χ0v) is 27.1. The normalized spacial score (nSPS) is 14.8. The molecule has 2 aliphatic rings. The molecule has 0 fully saturated rings. The Morgan fingerprint density at radius 2 is 1.02 bits per heavy atom. The van der Waals surface area contributed by atoms with Gasteiger partial charge < -0.3 is 4.90 Å². The molecule has 220 valence electrons. The van der Waals surface area contributed by atoms with Crippen molar-refractivity contribution in [2.45, 2.75) is 52.4 Å². The van der Waals surface area contributed by atoms with Crippen molar-refractivity contribution in [3.05, 3.63) is 161 Å². The molecular formula is C44H39N. The van der Waals surface area contributed by atoms with Gasteiger partial charge in [0.15, 0.2) is 0 Å². The lowest BCUT2D eigenvalue weighted by molar-refractivity contribution is 0.659. The van der Waals surface area contributed by atoms with Gasteiger partial charge in [-0.1, -0.05) is 137 Å². The van der Waals surface area contributed by atoms with Crippen LogP contribution in [0.1, 0.15) is 61.1 Å². The van der Waals surface area contributed by atoms with Crippen LogP contribution in [0.25, 0.3) is 33.4 Å². The van der Waals surface area contributed by atoms with Crippen LogP contribution < -0.4 is 4.90 Å². The Kier molecular flexibility index (Phi) is 6.03. The fourth-order valence-electron chi connectivity index (χ4n) is 8.09. The standard InChI is InChI=1S/C44H39N/c1-28-26-39-41(35-20-11-14-22-37(35)44(39,5)6)42(29(28)2)45(40-23-15-12-18-32(40)30-16-8-7-9-17-30)31-24-25-34-33-19-10-13-21-36(33)43(3,4)38(34)27-31/h7-27H,1-6H3. The first kappa shape index (κ1) is 27.7. The van der Waals surface area contributed by atoms with Gasteiger partial charge in [0.25, 0.3) is 0 Å². The minimum atomic E-state index is -0.0925. The Morgan fingerprint density at radius 3 is 1.76 bits per heavy atom. The van der Waals surface area contributed by atoms with Crippen molar-refractivity contribution in [1.29, 1.82) is 0 Å². The van der Waals surface area contributed by atoms with Crippen molar-refractivity contribution >= 4 is 17.1 Å². The van der Waals surface area contributed by atoms with E-state index in [4.69, 9.17) is 0 Å². The Morgan fingerprint density at radius 1 is 0.467 bits per heavy atom. The SMILES string of the molecule is Cc1cc2c(c(N(c3ccc4c(c3)C(C)(C)c3ccccc3-4)c3ccccc3-c3ccccc3)c1C)-c1ccccc1C2(C)C. The summed E-state index contributed by atoms with van der Waals surface area (Å²) in [4.78, 5) is 2.57. The van der Waals surface area contributed by atoms with Gasteiger partial charge in [-0.2, -0.15) is 0 Å². The van der Waals surface area contributed by atoms with Gasteiger partial charge >= 0.3 is 0 Å². The minimum Gasteiger partial charge on any atom is -0.309 e. The van der Waals surface area contributed by atoms with E-state index in [1.54, 1.807) is 0 Å². The lowest BCUT2D eigenvalue weighted by Crippen LogP contribution is -2.19. The molecule has 6 aromatic carbocycles. The summed E-state index contributed by atoms with van der Waals surface area (Å²) in [6.45, 7) is 14.1. The van der Waals surface area contributed by atoms with Crippen molar-refractivity contribution < 1.29 is 0 Å². The maximum atomic E-state index is 2.57. The molecule has 0 spiro atoms. The Labute approximate surface area is 267 Å². The lowest BCUT2D eigenvalue weighted by atomic mass is 9.81. The van der Waals surface area contributed by atoms with Gasteiger partial charge in [-0.15, -0.1) is 0 Å². The Hall–Kier alpha value is -4.88. The third-order valence-electron chi connectivity index (χ3n) is 10.6. The van der Waals surface area contributed by atoms with Crippen LogP contribution in [-0.4, -0.2) is 0 Å². The third-order valence-corrected chi connectivity index (χ3v) is 10.6. The smallest absolute Gasteiger partial charge is 0.0575 e. The summed E-state index contributed by atoms with van der Waals surface area (Å²) < 4.78 is 0. The summed E-state index contributed by atoms with van der Waals surface area (Å²) in [5.74, 6) is 0. The summed E-state index contributed by atoms with van der Waals surface area (Å²) in [6, 6.07) is 47.3. The molecule has 0 heterocycles. The molecule has 0 N–H and O–H groups in total. The van der Waals surface area contributed by atoms with E-state index in [-0.39, 0.29) is 10.8 Å². The van der Waals surface area contributed by atoms with E-state index in [0.29, 0.717) is 0 Å². The van der Waals surface area contributed by atoms with E-state index in [1.165, 1.54) is 83.8 Å². The molecule has 8 rings (SSSR count). The number of benzene rings is 6. The summed E-state index contributed by atoms with van der Waals surface area (Å²) in [5, 5.41) is 0. The van der Waals surface area contributed by atoms with Crippen molar-refractivity contribution in [2.75, 3.05) is 4.90 Å². The summed E-state index contributed by atoms with van der Waals surface area (Å²) >= 11 is 0. The number of para-hydroxylation sites is 1. The average molecular weight is 582 g/mol. The van der Waals surface area contributed by atoms with Gasteiger partial charge in [0.2, 0.25) is 0 Å². The predicted molar refractivity (Wildman–Crippen MR) is 191 cm³/mol. The summed E-state index contributed by atoms with van der Waals surface area (Å²) in [6.07, 6.45) is 0. The largest absolute Gasteiger partial charge is 0.309 e. The second-order valence-corrected chi connectivity index (χ2v) is 13.9. The van der Waals surface area contributed by atoms with E-state index in [2.05, 4.69) is 174 Å². The molecule has 0 radical (unpaired) electrons. The molecule has 0 unspecified atom stereocenters. The molecule has 0 amide bonds. The van der Waals surface area contributed by atoms with E-state index in [9.17, 15) is 0 Å². The topological polar surface area (TPSA) is 3.24 Å². The fraction of sp³-hybridized carbons (Fsp3) is 0.182. The molecule has 1 nitrogen and oxygen atoms in total. The molecular weight excluding hydrogens is 542 g/mol. The first-order valence-corrected chi connectivity index (χ1v) is 16.1. The number of anilines is 3. The van der Waals surface area contributed by atoms with Gasteiger partial charge in [0.1, 0.15) is 0 Å². The highest BCUT2D eigenvalue weighted by Gasteiger charge is 2.40. The maximum absolute atomic E-state index is 2.57. The van der Waals surface area contributed by atoms with Crippen LogP contribution in [0.5, 0.6) is 0 Å². The van der Waals surface area contributed by atoms with E-state index in [1.807, 2.05) is 0 Å². The molecule has 0 saturated heterocycles. The predicted octanol–water partition coefficient (Wildman–Crippen LogP) is 12.1. The molecule has 2 aliphatic carbocycles. The average Bonchev–Trinajstić information content (AvgIpc) is 3.43. The van der Waals surface area contributed by atoms with Crippen LogP contribution >= 0.6 is 0 Å². The van der Waals surface area contributed by atoms with E-state index in [0.717, 1.165) is 0 Å². The van der Waals surface area contributed by atoms with Gasteiger partial charge in [-0.25, -0.2) is 0 Å². The molecule has 0 aliphatic heterocycles. The molecule has 6 aromatic rings. The van der Waals surface area contributed by atoms with Crippen LogP contribution in [0.4, 0.5) is 17.1 Å². The molecule has 0 aromatic heterocycles. The quantitative estimate of drug-likeness (QED) is 0.200. The minimum absolute atomic E-state index is 0.0919. The fourth-order valence-corrected chi connectivity index (χ4v) is 8.09. The lowest BCUT2D eigenvalue weighted by Gasteiger charge is -2.33. The molecule has 45 heavy (non-hydrogen) atoms. The Balaban J connectivity index is 1.47. The second kappa shape index (κ2) is 9.81. The van der Waals surface area contributed by atoms with Crippen LogP contribution in [0.15, 0.2) is 127 Å². The first-order chi connectivity index (χ1) is 21.7. The third kappa shape index (κ3) is 3.93. The van der Waals surface area contributed by atoms with Crippen LogP contribution in [0.3, 0.4) is 0 Å². The highest BCUT2D eigenvalue weighted by Crippen LogP contribution is 2.57. The van der Waals surface area contributed by atoms with Gasteiger partial charge in [-0.05, 0) is 87.7 Å². The number of aryl methyl sites for hydroxylation is 1. The van der Waals surface area contributed by atoms with Crippen LogP contribution in [0.2, 0.25) is 0 Å². The van der Waals surface area contributed by atoms with Crippen molar-refractivity contribution in [3.63, 3.8) is 0 Å². The van der Waals surface area contributed by atoms with Crippen LogP contribution in [0, 0.1) is 13.8 Å². The van der Waals surface area contributed by atoms with Gasteiger partial charge in [0.05, 0.1) is 11.4 Å². The first-order valence-electron chi connectivity index (χ1n) is 16.1. The summed E-state index contributed by atoms with van der Waals surface area (Å²) in [5.41, 5.74) is 19.5. The van der Waals surface area contributed by atoms with Crippen molar-refractivity contribution in [1.82, 2.24) is 0 Å². The van der Waals surface area contributed by atoms with E-state index >= 15 is 0 Å². The van der Waals surface area contributed by atoms with Crippen LogP contribution in [-0.2, 0) is 10.8 Å². The number of rotatable bonds is 4. The van der Waals surface area contributed by atoms with Crippen molar-refractivity contribution in [2.24, 2.45) is 0 Å². The monoisotopic (exact) mass is 581 g/mol. The molecule has 0 bridgehead atoms. The second-order valence-electron chi connectivity index (χ2n) is 13.9. The highest BCUT2D eigenvalue weighted by molar-refractivity contribution is 6.00. The van der Waals surface area contributed by atoms with Gasteiger partial charge in [-0.3, -0.25) is 0 Å². The Bertz CT molecular complexity index is 2130. The number of hydrogen-bond donors (Lipinski definition) is 0. The summed E-state index contributed by atoms with van der Waals surface area (Å²) in [7, 11) is 0. The highest BCUT2D eigenvalue weighted by atomic mass is 15.2. The number of nitrogens with zero attached hydrogens (tertiary/aromatic N) is 1. The van der Waals surface area contributed by atoms with E-state index < -0.39 is 0 Å². The number of hydrogen-bond acceptors (Lipinski definition) is 1. The zero-order valence-electron chi connectivity index (χ0n) is 27.1.